The van der Waals surface area contributed by atoms with Gasteiger partial charge in [0.1, 0.15) is 0 Å². The monoisotopic (exact) mass is 283 g/mol. The summed E-state index contributed by atoms with van der Waals surface area (Å²) in [5.74, 6) is -0.629. The van der Waals surface area contributed by atoms with E-state index in [9.17, 15) is 16.7 Å². The number of nitrogens with zero attached hydrogens (tertiary/aromatic N) is 1. The maximum atomic E-state index is 13.5. The van der Waals surface area contributed by atoms with Gasteiger partial charge in [-0.15, -0.1) is 0 Å². The fourth-order valence-corrected chi connectivity index (χ4v) is 2.81. The topological polar surface area (TPSA) is 39.1 Å². The molecule has 0 spiro atoms. The molecular weight excluding hydrogens is 272 g/mol. The Hall–Kier alpha value is -1.95. The molecule has 0 aliphatic heterocycles. The second kappa shape index (κ2) is 4.62. The highest BCUT2D eigenvalue weighted by atomic mass is 32.3. The molecule has 0 aliphatic carbocycles. The predicted molar refractivity (Wildman–Crippen MR) is 72.2 cm³/mol. The number of halogens is 2. The molecule has 2 aromatic rings. The Morgan fingerprint density at radius 2 is 2.00 bits per heavy atom. The molecule has 0 atom stereocenters. The van der Waals surface area contributed by atoms with Crippen LogP contribution in [-0.4, -0.2) is 12.4 Å². The number of allylic oxidation sites excluding steroid dienone is 1. The molecular formula is C13H11F2NO2S. The van der Waals surface area contributed by atoms with E-state index in [4.69, 9.17) is 0 Å². The summed E-state index contributed by atoms with van der Waals surface area (Å²) in [6, 6.07) is 6.33. The van der Waals surface area contributed by atoms with Crippen molar-refractivity contribution in [2.45, 2.75) is 6.92 Å². The average Bonchev–Trinajstić information content (AvgIpc) is 2.60. The van der Waals surface area contributed by atoms with Crippen LogP contribution in [0.2, 0.25) is 0 Å². The van der Waals surface area contributed by atoms with Gasteiger partial charge in [0.15, 0.2) is 0 Å². The second-order valence-electron chi connectivity index (χ2n) is 3.96. The molecule has 1 aromatic heterocycles. The van der Waals surface area contributed by atoms with Crippen molar-refractivity contribution in [1.29, 1.82) is 0 Å². The number of hydrogen-bond acceptors (Lipinski definition) is 2. The van der Waals surface area contributed by atoms with Crippen LogP contribution in [-0.2, 0) is 10.4 Å². The summed E-state index contributed by atoms with van der Waals surface area (Å²) in [7, 11) is -5.04. The van der Waals surface area contributed by atoms with Gasteiger partial charge >= 0.3 is 10.4 Å². The van der Waals surface area contributed by atoms with Gasteiger partial charge in [0.2, 0.25) is 0 Å². The lowest BCUT2D eigenvalue weighted by Gasteiger charge is -2.02. The molecule has 0 aliphatic rings. The van der Waals surface area contributed by atoms with E-state index < -0.39 is 16.2 Å². The Morgan fingerprint density at radius 1 is 1.37 bits per heavy atom. The third-order valence-electron chi connectivity index (χ3n) is 2.67. The summed E-state index contributed by atoms with van der Waals surface area (Å²) in [5, 5.41) is 0.492. The Balaban J connectivity index is 3.06. The van der Waals surface area contributed by atoms with Crippen molar-refractivity contribution in [1.82, 2.24) is 3.97 Å². The number of benzene rings is 1. The molecule has 0 unspecified atom stereocenters. The molecule has 0 saturated heterocycles. The predicted octanol–water partition coefficient (Wildman–Crippen LogP) is 3.68. The molecule has 19 heavy (non-hydrogen) atoms. The molecule has 0 fully saturated rings. The van der Waals surface area contributed by atoms with Gasteiger partial charge in [-0.3, -0.25) is 0 Å². The second-order valence-corrected chi connectivity index (χ2v) is 5.15. The van der Waals surface area contributed by atoms with Gasteiger partial charge in [0.05, 0.1) is 17.0 Å². The van der Waals surface area contributed by atoms with E-state index in [1.165, 1.54) is 12.1 Å². The highest BCUT2D eigenvalue weighted by Gasteiger charge is 2.22. The molecule has 0 radical (unpaired) electrons. The zero-order chi connectivity index (χ0) is 14.2. The third kappa shape index (κ3) is 2.31. The van der Waals surface area contributed by atoms with E-state index in [1.54, 1.807) is 18.2 Å². The maximum Gasteiger partial charge on any atom is 0.403 e. The molecule has 3 nitrogen and oxygen atoms in total. The summed E-state index contributed by atoms with van der Waals surface area (Å²) < 4.78 is 49.6. The summed E-state index contributed by atoms with van der Waals surface area (Å²) in [6.07, 6.45) is 2.34. The molecule has 0 N–H and O–H groups in total. The van der Waals surface area contributed by atoms with Crippen molar-refractivity contribution in [3.63, 3.8) is 0 Å². The van der Waals surface area contributed by atoms with Gasteiger partial charge in [0, 0.05) is 10.9 Å². The van der Waals surface area contributed by atoms with Gasteiger partial charge in [-0.25, -0.2) is 8.36 Å². The quantitative estimate of drug-likeness (QED) is 0.806. The Bertz CT molecular complexity index is 784. The van der Waals surface area contributed by atoms with Crippen LogP contribution in [0.4, 0.5) is 8.28 Å². The standard InChI is InChI=1S/C13H11F2NO2S/c1-3-10-11-6-4-5-7-12(11)16(19(15,17)18)13(10)8-9(2)14/h3-8H,1H2,2H3/b9-8+. The summed E-state index contributed by atoms with van der Waals surface area (Å²) in [6.45, 7) is 4.71. The Kier molecular flexibility index (Phi) is 3.28. The van der Waals surface area contributed by atoms with Gasteiger partial charge in [-0.2, -0.15) is 8.42 Å². The summed E-state index contributed by atoms with van der Waals surface area (Å²) in [5.41, 5.74) is 0.430. The van der Waals surface area contributed by atoms with Crippen LogP contribution in [0.15, 0.2) is 36.7 Å². The van der Waals surface area contributed by atoms with E-state index in [2.05, 4.69) is 6.58 Å². The first kappa shape index (κ1) is 13.5. The highest BCUT2D eigenvalue weighted by molar-refractivity contribution is 7.85. The molecule has 0 saturated carbocycles. The van der Waals surface area contributed by atoms with Crippen molar-refractivity contribution in [2.75, 3.05) is 0 Å². The van der Waals surface area contributed by atoms with Crippen LogP contribution in [0, 0.1) is 0 Å². The van der Waals surface area contributed by atoms with Crippen molar-refractivity contribution in [2.24, 2.45) is 0 Å². The number of fused-ring (bicyclic) bond motifs is 1. The lowest BCUT2D eigenvalue weighted by Crippen LogP contribution is -2.07. The first-order chi connectivity index (χ1) is 8.86. The SMILES string of the molecule is C=Cc1c(/C=C(\C)F)n(S(=O)(=O)F)c2ccccc12. The van der Waals surface area contributed by atoms with Gasteiger partial charge in [0.25, 0.3) is 0 Å². The molecule has 2 rings (SSSR count). The van der Waals surface area contributed by atoms with Crippen LogP contribution in [0.5, 0.6) is 0 Å². The van der Waals surface area contributed by atoms with E-state index in [1.807, 2.05) is 0 Å². The van der Waals surface area contributed by atoms with Crippen LogP contribution >= 0.6 is 0 Å². The fraction of sp³-hybridized carbons (Fsp3) is 0.0769. The molecule has 6 heteroatoms. The molecule has 1 aromatic carbocycles. The van der Waals surface area contributed by atoms with Crippen LogP contribution in [0.25, 0.3) is 23.1 Å². The molecule has 1 heterocycles. The minimum Gasteiger partial charge on any atom is -0.212 e. The van der Waals surface area contributed by atoms with Gasteiger partial charge in [-0.05, 0) is 19.1 Å². The van der Waals surface area contributed by atoms with E-state index >= 15 is 0 Å². The number of hydrogen-bond donors (Lipinski definition) is 0. The zero-order valence-electron chi connectivity index (χ0n) is 10.1. The van der Waals surface area contributed by atoms with Crippen molar-refractivity contribution >= 4 is 33.5 Å². The molecule has 0 bridgehead atoms. The average molecular weight is 283 g/mol. The third-order valence-corrected chi connectivity index (χ3v) is 3.50. The van der Waals surface area contributed by atoms with Crippen molar-refractivity contribution in [3.8, 4) is 0 Å². The van der Waals surface area contributed by atoms with E-state index in [-0.39, 0.29) is 11.2 Å². The number of para-hydroxylation sites is 1. The van der Waals surface area contributed by atoms with Gasteiger partial charge < -0.3 is 0 Å². The fourth-order valence-electron chi connectivity index (χ4n) is 2.03. The molecule has 0 amide bonds. The largest absolute Gasteiger partial charge is 0.403 e. The van der Waals surface area contributed by atoms with Gasteiger partial charge in [-0.1, -0.05) is 34.7 Å². The normalized spacial score (nSPS) is 12.9. The smallest absolute Gasteiger partial charge is 0.212 e. The minimum absolute atomic E-state index is 0.0845. The first-order valence-electron chi connectivity index (χ1n) is 5.41. The van der Waals surface area contributed by atoms with Crippen molar-refractivity contribution < 1.29 is 16.7 Å². The summed E-state index contributed by atoms with van der Waals surface area (Å²) >= 11 is 0. The molecule has 100 valence electrons. The number of aromatic nitrogens is 1. The maximum absolute atomic E-state index is 13.5. The van der Waals surface area contributed by atoms with Crippen LogP contribution in [0.1, 0.15) is 18.2 Å². The van der Waals surface area contributed by atoms with Crippen LogP contribution in [0.3, 0.4) is 0 Å². The zero-order valence-corrected chi connectivity index (χ0v) is 10.9. The van der Waals surface area contributed by atoms with E-state index in [0.717, 1.165) is 13.0 Å². The first-order valence-corrected chi connectivity index (χ1v) is 6.75. The Labute approximate surface area is 109 Å². The van der Waals surface area contributed by atoms with Crippen LogP contribution < -0.4 is 0 Å². The minimum atomic E-state index is -5.04. The summed E-state index contributed by atoms with van der Waals surface area (Å²) in [4.78, 5) is 0. The lowest BCUT2D eigenvalue weighted by molar-refractivity contribution is 0.543. The highest BCUT2D eigenvalue weighted by Crippen LogP contribution is 2.30. The lowest BCUT2D eigenvalue weighted by atomic mass is 10.1. The Morgan fingerprint density at radius 3 is 2.53 bits per heavy atom. The van der Waals surface area contributed by atoms with E-state index in [0.29, 0.717) is 14.9 Å². The number of rotatable bonds is 3. The van der Waals surface area contributed by atoms with Crippen molar-refractivity contribution in [3.05, 3.63) is 47.9 Å².